The number of carbonyl (C=O) groups is 1. The van der Waals surface area contributed by atoms with Gasteiger partial charge in [-0.1, -0.05) is 29.7 Å². The third-order valence-corrected chi connectivity index (χ3v) is 4.99. The molecule has 0 saturated carbocycles. The Labute approximate surface area is 163 Å². The van der Waals surface area contributed by atoms with Gasteiger partial charge < -0.3 is 10.6 Å². The lowest BCUT2D eigenvalue weighted by Crippen LogP contribution is -2.39. The van der Waals surface area contributed by atoms with Crippen molar-refractivity contribution in [3.63, 3.8) is 0 Å². The summed E-state index contributed by atoms with van der Waals surface area (Å²) in [6.07, 6.45) is 7.48. The smallest absolute Gasteiger partial charge is 0.319 e. The Balaban J connectivity index is 1.71. The van der Waals surface area contributed by atoms with E-state index in [1.165, 1.54) is 6.07 Å². The first kappa shape index (κ1) is 19.2. The average molecular weight is 386 g/mol. The average Bonchev–Trinajstić information content (AvgIpc) is 3.18. The molecule has 27 heavy (non-hydrogen) atoms. The SMILES string of the molecule is C#Cc1cccc(NC(=O)NC[C@@H](c2c(F)cccc2Cl)N2CCCC2)c1. The summed E-state index contributed by atoms with van der Waals surface area (Å²) >= 11 is 6.27. The molecular formula is C21H21ClFN3O. The summed E-state index contributed by atoms with van der Waals surface area (Å²) in [5.41, 5.74) is 1.71. The van der Waals surface area contributed by atoms with E-state index in [2.05, 4.69) is 21.5 Å². The second-order valence-corrected chi connectivity index (χ2v) is 6.86. The van der Waals surface area contributed by atoms with Crippen LogP contribution in [0.2, 0.25) is 5.02 Å². The van der Waals surface area contributed by atoms with Crippen molar-refractivity contribution in [3.05, 3.63) is 64.4 Å². The minimum atomic E-state index is -0.374. The molecule has 6 heteroatoms. The molecule has 0 aromatic heterocycles. The Morgan fingerprint density at radius 3 is 2.70 bits per heavy atom. The molecule has 0 radical (unpaired) electrons. The lowest BCUT2D eigenvalue weighted by atomic mass is 10.0. The number of terminal acetylenes is 1. The fourth-order valence-corrected chi connectivity index (χ4v) is 3.64. The van der Waals surface area contributed by atoms with E-state index in [1.807, 2.05) is 0 Å². The largest absolute Gasteiger partial charge is 0.336 e. The number of anilines is 1. The van der Waals surface area contributed by atoms with E-state index in [-0.39, 0.29) is 24.4 Å². The molecule has 3 rings (SSSR count). The van der Waals surface area contributed by atoms with Gasteiger partial charge in [-0.05, 0) is 56.3 Å². The Kier molecular flexibility index (Phi) is 6.33. The quantitative estimate of drug-likeness (QED) is 0.748. The van der Waals surface area contributed by atoms with E-state index < -0.39 is 0 Å². The maximum atomic E-state index is 14.5. The normalized spacial score (nSPS) is 15.1. The van der Waals surface area contributed by atoms with Crippen LogP contribution in [-0.4, -0.2) is 30.6 Å². The Morgan fingerprint density at radius 1 is 1.26 bits per heavy atom. The number of amides is 2. The van der Waals surface area contributed by atoms with Crippen molar-refractivity contribution in [2.45, 2.75) is 18.9 Å². The number of benzene rings is 2. The predicted octanol–water partition coefficient (Wildman–Crippen LogP) is 4.42. The van der Waals surface area contributed by atoms with Gasteiger partial charge in [0.15, 0.2) is 0 Å². The van der Waals surface area contributed by atoms with Gasteiger partial charge in [0.2, 0.25) is 0 Å². The fourth-order valence-electron chi connectivity index (χ4n) is 3.35. The molecule has 2 amide bonds. The topological polar surface area (TPSA) is 44.4 Å². The number of halogens is 2. The van der Waals surface area contributed by atoms with Crippen molar-refractivity contribution in [1.82, 2.24) is 10.2 Å². The summed E-state index contributed by atoms with van der Waals surface area (Å²) in [5, 5.41) is 5.95. The molecule has 0 unspecified atom stereocenters. The van der Waals surface area contributed by atoms with E-state index in [4.69, 9.17) is 18.0 Å². The van der Waals surface area contributed by atoms with Crippen LogP contribution in [0.4, 0.5) is 14.9 Å². The van der Waals surface area contributed by atoms with Gasteiger partial charge in [0.1, 0.15) is 5.82 Å². The van der Waals surface area contributed by atoms with Gasteiger partial charge in [-0.3, -0.25) is 4.90 Å². The Morgan fingerprint density at radius 2 is 2.00 bits per heavy atom. The van der Waals surface area contributed by atoms with Crippen molar-refractivity contribution in [2.24, 2.45) is 0 Å². The molecule has 1 saturated heterocycles. The van der Waals surface area contributed by atoms with E-state index in [0.717, 1.165) is 25.9 Å². The number of urea groups is 1. The first-order valence-corrected chi connectivity index (χ1v) is 9.26. The highest BCUT2D eigenvalue weighted by Gasteiger charge is 2.28. The molecule has 140 valence electrons. The lowest BCUT2D eigenvalue weighted by molar-refractivity contribution is 0.224. The van der Waals surface area contributed by atoms with Crippen LogP contribution in [0, 0.1) is 18.2 Å². The zero-order valence-electron chi connectivity index (χ0n) is 14.8. The van der Waals surface area contributed by atoms with Crippen LogP contribution in [0.5, 0.6) is 0 Å². The van der Waals surface area contributed by atoms with Crippen molar-refractivity contribution < 1.29 is 9.18 Å². The van der Waals surface area contributed by atoms with Crippen molar-refractivity contribution in [1.29, 1.82) is 0 Å². The second kappa shape index (κ2) is 8.90. The number of nitrogens with one attached hydrogen (secondary N) is 2. The Bertz CT molecular complexity index is 838. The summed E-state index contributed by atoms with van der Waals surface area (Å²) in [5.74, 6) is 2.17. The first-order valence-electron chi connectivity index (χ1n) is 8.88. The van der Waals surface area contributed by atoms with Gasteiger partial charge in [-0.2, -0.15) is 0 Å². The maximum absolute atomic E-state index is 14.5. The maximum Gasteiger partial charge on any atom is 0.319 e. The minimum Gasteiger partial charge on any atom is -0.336 e. The van der Waals surface area contributed by atoms with Crippen molar-refractivity contribution in [3.8, 4) is 12.3 Å². The summed E-state index contributed by atoms with van der Waals surface area (Å²) in [6, 6.07) is 11.0. The van der Waals surface area contributed by atoms with E-state index in [9.17, 15) is 9.18 Å². The van der Waals surface area contributed by atoms with Crippen LogP contribution < -0.4 is 10.6 Å². The lowest BCUT2D eigenvalue weighted by Gasteiger charge is -2.29. The number of likely N-dealkylation sites (tertiary alicyclic amines) is 1. The fraction of sp³-hybridized carbons (Fsp3) is 0.286. The number of rotatable bonds is 5. The summed E-state index contributed by atoms with van der Waals surface area (Å²) < 4.78 is 14.5. The summed E-state index contributed by atoms with van der Waals surface area (Å²) in [4.78, 5) is 14.5. The molecular weight excluding hydrogens is 365 g/mol. The zero-order chi connectivity index (χ0) is 19.2. The Hall–Kier alpha value is -2.55. The van der Waals surface area contributed by atoms with Crippen LogP contribution in [0.1, 0.15) is 30.0 Å². The van der Waals surface area contributed by atoms with Gasteiger partial charge in [-0.15, -0.1) is 6.42 Å². The molecule has 1 fully saturated rings. The molecule has 2 aromatic carbocycles. The van der Waals surface area contributed by atoms with E-state index in [1.54, 1.807) is 36.4 Å². The highest BCUT2D eigenvalue weighted by atomic mass is 35.5. The van der Waals surface area contributed by atoms with E-state index >= 15 is 0 Å². The highest BCUT2D eigenvalue weighted by Crippen LogP contribution is 2.31. The molecule has 0 spiro atoms. The molecule has 1 aliphatic rings. The zero-order valence-corrected chi connectivity index (χ0v) is 15.6. The number of hydrogen-bond acceptors (Lipinski definition) is 2. The second-order valence-electron chi connectivity index (χ2n) is 6.45. The molecule has 0 aliphatic carbocycles. The standard InChI is InChI=1S/C21H21ClFN3O/c1-2-15-7-5-8-16(13-15)25-21(27)24-14-19(26-11-3-4-12-26)20-17(22)9-6-10-18(20)23/h1,5-10,13,19H,3-4,11-12,14H2,(H2,24,25,27)/t19-/m0/s1. The molecule has 4 nitrogen and oxygen atoms in total. The van der Waals surface area contributed by atoms with Gasteiger partial charge in [0, 0.05) is 28.4 Å². The summed E-state index contributed by atoms with van der Waals surface area (Å²) in [6.45, 7) is 1.95. The van der Waals surface area contributed by atoms with Gasteiger partial charge >= 0.3 is 6.03 Å². The molecule has 1 atom stereocenters. The minimum absolute atomic E-state index is 0.251. The third kappa shape index (κ3) is 4.79. The van der Waals surface area contributed by atoms with Crippen molar-refractivity contribution in [2.75, 3.05) is 25.0 Å². The third-order valence-electron chi connectivity index (χ3n) is 4.66. The first-order chi connectivity index (χ1) is 13.1. The highest BCUT2D eigenvalue weighted by molar-refractivity contribution is 6.31. The monoisotopic (exact) mass is 385 g/mol. The molecule has 2 aromatic rings. The molecule has 1 aliphatic heterocycles. The van der Waals surface area contributed by atoms with Gasteiger partial charge in [0.25, 0.3) is 0 Å². The molecule has 0 bridgehead atoms. The van der Waals surface area contributed by atoms with Crippen LogP contribution >= 0.6 is 11.6 Å². The van der Waals surface area contributed by atoms with Gasteiger partial charge in [0.05, 0.1) is 6.04 Å². The van der Waals surface area contributed by atoms with Crippen LogP contribution in [0.3, 0.4) is 0 Å². The molecule has 2 N–H and O–H groups in total. The van der Waals surface area contributed by atoms with Crippen molar-refractivity contribution >= 4 is 23.3 Å². The van der Waals surface area contributed by atoms with Gasteiger partial charge in [-0.25, -0.2) is 9.18 Å². The van der Waals surface area contributed by atoms with E-state index in [0.29, 0.717) is 21.8 Å². The number of nitrogens with zero attached hydrogens (tertiary/aromatic N) is 1. The van der Waals surface area contributed by atoms with Crippen LogP contribution in [0.15, 0.2) is 42.5 Å². The number of carbonyl (C=O) groups excluding carboxylic acids is 1. The summed E-state index contributed by atoms with van der Waals surface area (Å²) in [7, 11) is 0. The number of hydrogen-bond donors (Lipinski definition) is 2. The van der Waals surface area contributed by atoms with Crippen LogP contribution in [-0.2, 0) is 0 Å². The molecule has 1 heterocycles. The van der Waals surface area contributed by atoms with Crippen LogP contribution in [0.25, 0.3) is 0 Å². The predicted molar refractivity (Wildman–Crippen MR) is 106 cm³/mol.